The molecule has 9 heteroatoms. The van der Waals surface area contributed by atoms with Crippen molar-refractivity contribution in [3.05, 3.63) is 30.2 Å². The molecular formula is C10H7F3N4OS. The molecule has 0 amide bonds. The Morgan fingerprint density at radius 2 is 2.05 bits per heavy atom. The van der Waals surface area contributed by atoms with Crippen molar-refractivity contribution in [3.63, 3.8) is 0 Å². The van der Waals surface area contributed by atoms with E-state index in [4.69, 9.17) is 5.73 Å². The highest BCUT2D eigenvalue weighted by atomic mass is 32.1. The Morgan fingerprint density at radius 1 is 1.32 bits per heavy atom. The molecule has 0 saturated heterocycles. The van der Waals surface area contributed by atoms with E-state index in [-0.39, 0.29) is 11.0 Å². The summed E-state index contributed by atoms with van der Waals surface area (Å²) < 4.78 is 41.5. The molecule has 0 atom stereocenters. The zero-order valence-electron chi connectivity index (χ0n) is 9.23. The molecule has 100 valence electrons. The summed E-state index contributed by atoms with van der Waals surface area (Å²) in [5.41, 5.74) is 6.13. The Labute approximate surface area is 110 Å². The molecule has 0 aliphatic rings. The lowest BCUT2D eigenvalue weighted by atomic mass is 10.2. The van der Waals surface area contributed by atoms with Crippen LogP contribution in [0.3, 0.4) is 0 Å². The van der Waals surface area contributed by atoms with Gasteiger partial charge in [0, 0.05) is 11.3 Å². The van der Waals surface area contributed by atoms with E-state index in [9.17, 15) is 13.2 Å². The first-order chi connectivity index (χ1) is 8.86. The Hall–Kier alpha value is -2.16. The summed E-state index contributed by atoms with van der Waals surface area (Å²) in [6, 6.07) is 6.25. The molecule has 19 heavy (non-hydrogen) atoms. The molecule has 0 unspecified atom stereocenters. The third-order valence-corrected chi connectivity index (χ3v) is 2.15. The number of hydrogen-bond acceptors (Lipinski definition) is 4. The second-order valence-corrected chi connectivity index (χ2v) is 3.92. The minimum atomic E-state index is -4.67. The number of nitrogens with zero attached hydrogens (tertiary/aromatic N) is 2. The monoisotopic (exact) mass is 288 g/mol. The van der Waals surface area contributed by atoms with Gasteiger partial charge in [-0.2, -0.15) is 13.2 Å². The summed E-state index contributed by atoms with van der Waals surface area (Å²) in [5, 5.41) is 8.98. The standard InChI is InChI=1S/C10H7F3N4OS/c11-10(12,13)8-17-16-7(18-8)5-2-1-3-6(4-5)15-9(14)19/h1-4H,(H3,14,15,19). The summed E-state index contributed by atoms with van der Waals surface area (Å²) in [5.74, 6) is -1.63. The van der Waals surface area contributed by atoms with Crippen molar-refractivity contribution in [2.45, 2.75) is 6.18 Å². The molecule has 5 nitrogen and oxygen atoms in total. The average Bonchev–Trinajstić information content (AvgIpc) is 2.77. The van der Waals surface area contributed by atoms with E-state index in [1.807, 2.05) is 0 Å². The molecule has 0 aliphatic carbocycles. The van der Waals surface area contributed by atoms with Crippen LogP contribution in [0.1, 0.15) is 5.89 Å². The summed E-state index contributed by atoms with van der Waals surface area (Å²) in [6.07, 6.45) is -4.67. The Kier molecular flexibility index (Phi) is 3.38. The van der Waals surface area contributed by atoms with Crippen LogP contribution in [0.2, 0.25) is 0 Å². The molecule has 1 aromatic carbocycles. The van der Waals surface area contributed by atoms with Gasteiger partial charge in [-0.3, -0.25) is 0 Å². The number of aromatic nitrogens is 2. The molecular weight excluding hydrogens is 281 g/mol. The highest BCUT2D eigenvalue weighted by molar-refractivity contribution is 7.80. The third kappa shape index (κ3) is 3.19. The zero-order valence-corrected chi connectivity index (χ0v) is 10.0. The summed E-state index contributed by atoms with van der Waals surface area (Å²) in [7, 11) is 0. The van der Waals surface area contributed by atoms with Crippen LogP contribution in [0.5, 0.6) is 0 Å². The number of rotatable bonds is 2. The molecule has 1 heterocycles. The van der Waals surface area contributed by atoms with E-state index in [1.54, 1.807) is 12.1 Å². The van der Waals surface area contributed by atoms with Gasteiger partial charge in [-0.25, -0.2) is 0 Å². The van der Waals surface area contributed by atoms with Gasteiger partial charge in [-0.05, 0) is 30.4 Å². The number of nitrogens with one attached hydrogen (secondary N) is 1. The zero-order chi connectivity index (χ0) is 14.0. The lowest BCUT2D eigenvalue weighted by Crippen LogP contribution is -2.18. The largest absolute Gasteiger partial charge is 0.470 e. The van der Waals surface area contributed by atoms with E-state index in [1.165, 1.54) is 12.1 Å². The molecule has 0 radical (unpaired) electrons. The lowest BCUT2D eigenvalue weighted by Gasteiger charge is -2.04. The summed E-state index contributed by atoms with van der Waals surface area (Å²) in [6.45, 7) is 0. The Morgan fingerprint density at radius 3 is 2.63 bits per heavy atom. The maximum absolute atomic E-state index is 12.3. The fraction of sp³-hybridized carbons (Fsp3) is 0.100. The van der Waals surface area contributed by atoms with Crippen LogP contribution in [0.15, 0.2) is 28.7 Å². The molecule has 0 spiro atoms. The van der Waals surface area contributed by atoms with Gasteiger partial charge in [-0.15, -0.1) is 10.2 Å². The van der Waals surface area contributed by atoms with Crippen LogP contribution < -0.4 is 11.1 Å². The fourth-order valence-corrected chi connectivity index (χ4v) is 1.44. The van der Waals surface area contributed by atoms with Gasteiger partial charge in [0.25, 0.3) is 0 Å². The van der Waals surface area contributed by atoms with Crippen molar-refractivity contribution < 1.29 is 17.6 Å². The molecule has 0 saturated carbocycles. The smallest absolute Gasteiger partial charge is 0.413 e. The van der Waals surface area contributed by atoms with Gasteiger partial charge < -0.3 is 15.5 Å². The van der Waals surface area contributed by atoms with Crippen LogP contribution in [0.25, 0.3) is 11.5 Å². The van der Waals surface area contributed by atoms with Gasteiger partial charge >= 0.3 is 12.1 Å². The van der Waals surface area contributed by atoms with E-state index < -0.39 is 12.1 Å². The van der Waals surface area contributed by atoms with Crippen LogP contribution in [0.4, 0.5) is 18.9 Å². The molecule has 0 fully saturated rings. The number of alkyl halides is 3. The first kappa shape index (κ1) is 13.3. The van der Waals surface area contributed by atoms with Crippen LogP contribution >= 0.6 is 12.2 Å². The van der Waals surface area contributed by atoms with E-state index in [0.717, 1.165) is 0 Å². The van der Waals surface area contributed by atoms with Crippen LogP contribution in [0, 0.1) is 0 Å². The Balaban J connectivity index is 2.31. The minimum Gasteiger partial charge on any atom is -0.413 e. The van der Waals surface area contributed by atoms with Gasteiger partial charge in [-0.1, -0.05) is 6.07 Å². The molecule has 0 aliphatic heterocycles. The number of halogens is 3. The average molecular weight is 288 g/mol. The van der Waals surface area contributed by atoms with Crippen molar-refractivity contribution in [2.75, 3.05) is 5.32 Å². The van der Waals surface area contributed by atoms with Crippen molar-refractivity contribution in [1.29, 1.82) is 0 Å². The van der Waals surface area contributed by atoms with E-state index in [0.29, 0.717) is 11.3 Å². The number of thiocarbonyl (C=S) groups is 1. The molecule has 1 aromatic heterocycles. The van der Waals surface area contributed by atoms with Crippen LogP contribution in [-0.4, -0.2) is 15.3 Å². The number of benzene rings is 1. The van der Waals surface area contributed by atoms with Crippen molar-refractivity contribution >= 4 is 23.0 Å². The predicted octanol–water partition coefficient (Wildman–Crippen LogP) is 2.41. The van der Waals surface area contributed by atoms with Crippen molar-refractivity contribution in [1.82, 2.24) is 10.2 Å². The maximum atomic E-state index is 12.3. The van der Waals surface area contributed by atoms with Crippen LogP contribution in [-0.2, 0) is 6.18 Å². The topological polar surface area (TPSA) is 77.0 Å². The minimum absolute atomic E-state index is 0.0404. The summed E-state index contributed by atoms with van der Waals surface area (Å²) >= 11 is 4.66. The first-order valence-corrected chi connectivity index (χ1v) is 5.34. The SMILES string of the molecule is NC(=S)Nc1cccc(-c2nnc(C(F)(F)F)o2)c1. The molecule has 2 rings (SSSR count). The lowest BCUT2D eigenvalue weighted by molar-refractivity contribution is -0.156. The maximum Gasteiger partial charge on any atom is 0.470 e. The Bertz CT molecular complexity index is 611. The second-order valence-electron chi connectivity index (χ2n) is 3.48. The van der Waals surface area contributed by atoms with Gasteiger partial charge in [0.2, 0.25) is 5.89 Å². The van der Waals surface area contributed by atoms with Gasteiger partial charge in [0.1, 0.15) is 0 Å². The normalized spacial score (nSPS) is 11.3. The van der Waals surface area contributed by atoms with E-state index >= 15 is 0 Å². The van der Waals surface area contributed by atoms with Crippen molar-refractivity contribution in [2.24, 2.45) is 5.73 Å². The van der Waals surface area contributed by atoms with Gasteiger partial charge in [0.05, 0.1) is 0 Å². The highest BCUT2D eigenvalue weighted by Gasteiger charge is 2.38. The molecule has 2 aromatic rings. The summed E-state index contributed by atoms with van der Waals surface area (Å²) in [4.78, 5) is 0. The predicted molar refractivity (Wildman–Crippen MR) is 65.1 cm³/mol. The fourth-order valence-electron chi connectivity index (χ4n) is 1.33. The number of nitrogens with two attached hydrogens (primary N) is 1. The van der Waals surface area contributed by atoms with Crippen molar-refractivity contribution in [3.8, 4) is 11.5 Å². The molecule has 0 bridgehead atoms. The van der Waals surface area contributed by atoms with E-state index in [2.05, 4.69) is 32.1 Å². The third-order valence-electron chi connectivity index (χ3n) is 2.04. The number of hydrogen-bond donors (Lipinski definition) is 2. The second kappa shape index (κ2) is 4.84. The number of anilines is 1. The van der Waals surface area contributed by atoms with Gasteiger partial charge in [0.15, 0.2) is 5.11 Å². The highest BCUT2D eigenvalue weighted by Crippen LogP contribution is 2.30. The quantitative estimate of drug-likeness (QED) is 0.826. The first-order valence-electron chi connectivity index (χ1n) is 4.94. The molecule has 3 N–H and O–H groups in total.